The van der Waals surface area contributed by atoms with Crippen molar-refractivity contribution in [2.75, 3.05) is 19.1 Å². The first-order valence-corrected chi connectivity index (χ1v) is 9.01. The molecule has 1 fully saturated rings. The van der Waals surface area contributed by atoms with Gasteiger partial charge in [0.05, 0.1) is 24.9 Å². The second kappa shape index (κ2) is 7.00. The van der Waals surface area contributed by atoms with Crippen molar-refractivity contribution >= 4 is 46.4 Å². The van der Waals surface area contributed by atoms with Crippen molar-refractivity contribution in [1.82, 2.24) is 0 Å². The van der Waals surface area contributed by atoms with Gasteiger partial charge in [-0.3, -0.25) is 9.59 Å². The number of benzene rings is 2. The molecule has 4 rings (SSSR count). The summed E-state index contributed by atoms with van der Waals surface area (Å²) in [6.45, 7) is 0. The van der Waals surface area contributed by atoms with Crippen LogP contribution in [0.4, 0.5) is 5.69 Å². The number of methoxy groups -OCH3 is 2. The van der Waals surface area contributed by atoms with E-state index in [1.165, 1.54) is 26.4 Å². The van der Waals surface area contributed by atoms with Gasteiger partial charge in [0.15, 0.2) is 11.5 Å². The van der Waals surface area contributed by atoms with E-state index in [-0.39, 0.29) is 10.7 Å². The standard InChI is InChI=1S/C19H14Cl2N2O5/c1-26-13-6-3-9(7-14(13)27-2)16-15-17(28-22-16)19(25)23(18(15)24)12-8-10(20)4-5-11(12)21/h3-8,15,17H,1-2H3. The zero-order valence-corrected chi connectivity index (χ0v) is 16.3. The molecule has 2 heterocycles. The number of carbonyl (C=O) groups is 2. The van der Waals surface area contributed by atoms with Crippen LogP contribution >= 0.6 is 23.2 Å². The Labute approximate surface area is 170 Å². The van der Waals surface area contributed by atoms with E-state index in [4.69, 9.17) is 37.5 Å². The smallest absolute Gasteiger partial charge is 0.279 e. The maximum Gasteiger partial charge on any atom is 0.279 e. The Bertz CT molecular complexity index is 1020. The van der Waals surface area contributed by atoms with Gasteiger partial charge in [0.1, 0.15) is 11.6 Å². The van der Waals surface area contributed by atoms with E-state index in [9.17, 15) is 9.59 Å². The topological polar surface area (TPSA) is 77.4 Å². The quantitative estimate of drug-likeness (QED) is 0.709. The Morgan fingerprint density at radius 2 is 1.75 bits per heavy atom. The van der Waals surface area contributed by atoms with Gasteiger partial charge in [0, 0.05) is 10.6 Å². The molecule has 28 heavy (non-hydrogen) atoms. The van der Waals surface area contributed by atoms with Crippen LogP contribution in [0.5, 0.6) is 11.5 Å². The first-order chi connectivity index (χ1) is 13.5. The summed E-state index contributed by atoms with van der Waals surface area (Å²) in [6.07, 6.45) is -1.05. The molecule has 2 amide bonds. The number of ether oxygens (including phenoxy) is 2. The van der Waals surface area contributed by atoms with Gasteiger partial charge < -0.3 is 14.3 Å². The molecule has 2 atom stereocenters. The van der Waals surface area contributed by atoms with Gasteiger partial charge in [-0.25, -0.2) is 4.90 Å². The van der Waals surface area contributed by atoms with E-state index in [2.05, 4.69) is 5.16 Å². The van der Waals surface area contributed by atoms with E-state index in [1.54, 1.807) is 24.3 Å². The van der Waals surface area contributed by atoms with Gasteiger partial charge >= 0.3 is 0 Å². The summed E-state index contributed by atoms with van der Waals surface area (Å²) >= 11 is 12.2. The fourth-order valence-electron chi connectivity index (χ4n) is 3.31. The summed E-state index contributed by atoms with van der Waals surface area (Å²) in [6, 6.07) is 9.66. The number of rotatable bonds is 4. The zero-order chi connectivity index (χ0) is 20.0. The molecule has 0 bridgehead atoms. The highest BCUT2D eigenvalue weighted by molar-refractivity contribution is 6.39. The van der Waals surface area contributed by atoms with Crippen molar-refractivity contribution in [3.8, 4) is 11.5 Å². The molecule has 2 aliphatic rings. The molecule has 9 heteroatoms. The second-order valence-electron chi connectivity index (χ2n) is 6.16. The molecule has 0 aromatic heterocycles. The molecule has 0 spiro atoms. The molecule has 0 radical (unpaired) electrons. The first kappa shape index (κ1) is 18.6. The lowest BCUT2D eigenvalue weighted by Gasteiger charge is -2.17. The van der Waals surface area contributed by atoms with Crippen molar-refractivity contribution < 1.29 is 23.9 Å². The largest absolute Gasteiger partial charge is 0.493 e. The number of hydrogen-bond donors (Lipinski definition) is 0. The Morgan fingerprint density at radius 3 is 2.46 bits per heavy atom. The monoisotopic (exact) mass is 420 g/mol. The number of fused-ring (bicyclic) bond motifs is 1. The van der Waals surface area contributed by atoms with Gasteiger partial charge in [-0.2, -0.15) is 0 Å². The number of nitrogens with zero attached hydrogens (tertiary/aromatic N) is 2. The molecule has 2 aromatic carbocycles. The van der Waals surface area contributed by atoms with Gasteiger partial charge in [-0.15, -0.1) is 0 Å². The molecule has 2 aromatic rings. The second-order valence-corrected chi connectivity index (χ2v) is 7.00. The number of halogens is 2. The number of carbonyl (C=O) groups excluding carboxylic acids is 2. The molecule has 7 nitrogen and oxygen atoms in total. The number of hydrogen-bond acceptors (Lipinski definition) is 6. The molecule has 2 unspecified atom stereocenters. The normalized spacial score (nSPS) is 20.7. The predicted octanol–water partition coefficient (Wildman–Crippen LogP) is 3.30. The van der Waals surface area contributed by atoms with Crippen LogP contribution in [0.15, 0.2) is 41.6 Å². The number of amides is 2. The number of oxime groups is 1. The maximum absolute atomic E-state index is 13.1. The van der Waals surface area contributed by atoms with Gasteiger partial charge in [0.25, 0.3) is 5.91 Å². The lowest BCUT2D eigenvalue weighted by atomic mass is 9.94. The van der Waals surface area contributed by atoms with Gasteiger partial charge in [-0.05, 0) is 36.4 Å². The van der Waals surface area contributed by atoms with E-state index in [0.29, 0.717) is 27.8 Å². The van der Waals surface area contributed by atoms with E-state index >= 15 is 0 Å². The summed E-state index contributed by atoms with van der Waals surface area (Å²) in [7, 11) is 3.03. The van der Waals surface area contributed by atoms with Crippen molar-refractivity contribution in [3.05, 3.63) is 52.0 Å². The molecular weight excluding hydrogens is 407 g/mol. The minimum absolute atomic E-state index is 0.217. The molecule has 0 aliphatic carbocycles. The summed E-state index contributed by atoms with van der Waals surface area (Å²) in [5.41, 5.74) is 1.14. The van der Waals surface area contributed by atoms with Crippen LogP contribution in [0, 0.1) is 5.92 Å². The van der Waals surface area contributed by atoms with Crippen LogP contribution in [0.1, 0.15) is 5.56 Å². The first-order valence-electron chi connectivity index (χ1n) is 8.25. The minimum Gasteiger partial charge on any atom is -0.493 e. The highest BCUT2D eigenvalue weighted by Gasteiger charge is 2.56. The predicted molar refractivity (Wildman–Crippen MR) is 103 cm³/mol. The van der Waals surface area contributed by atoms with E-state index in [0.717, 1.165) is 4.90 Å². The van der Waals surface area contributed by atoms with Crippen LogP contribution in [0.25, 0.3) is 0 Å². The van der Waals surface area contributed by atoms with E-state index < -0.39 is 23.8 Å². The summed E-state index contributed by atoms with van der Waals surface area (Å²) in [4.78, 5) is 32.2. The highest BCUT2D eigenvalue weighted by Crippen LogP contribution is 2.39. The Balaban J connectivity index is 1.72. The summed E-state index contributed by atoms with van der Waals surface area (Å²) < 4.78 is 10.5. The average Bonchev–Trinajstić information content (AvgIpc) is 3.24. The third kappa shape index (κ3) is 2.78. The van der Waals surface area contributed by atoms with Crippen LogP contribution in [0.2, 0.25) is 10.0 Å². The van der Waals surface area contributed by atoms with Crippen LogP contribution in [0.3, 0.4) is 0 Å². The van der Waals surface area contributed by atoms with Crippen LogP contribution < -0.4 is 14.4 Å². The lowest BCUT2D eigenvalue weighted by molar-refractivity contribution is -0.126. The highest BCUT2D eigenvalue weighted by atomic mass is 35.5. The molecule has 0 N–H and O–H groups in total. The Kier molecular flexibility index (Phi) is 4.64. The third-order valence-corrected chi connectivity index (χ3v) is 5.20. The molecule has 2 aliphatic heterocycles. The molecule has 0 saturated carbocycles. The zero-order valence-electron chi connectivity index (χ0n) is 14.8. The van der Waals surface area contributed by atoms with Gasteiger partial charge in [0.2, 0.25) is 12.0 Å². The number of anilines is 1. The van der Waals surface area contributed by atoms with E-state index in [1.807, 2.05) is 0 Å². The molecule has 1 saturated heterocycles. The van der Waals surface area contributed by atoms with Crippen LogP contribution in [-0.4, -0.2) is 37.8 Å². The maximum atomic E-state index is 13.1. The number of imide groups is 1. The molecule has 144 valence electrons. The van der Waals surface area contributed by atoms with Gasteiger partial charge in [-0.1, -0.05) is 28.4 Å². The van der Waals surface area contributed by atoms with Crippen molar-refractivity contribution in [2.24, 2.45) is 11.1 Å². The Hall–Kier alpha value is -2.77. The third-order valence-electron chi connectivity index (χ3n) is 4.64. The van der Waals surface area contributed by atoms with Crippen molar-refractivity contribution in [2.45, 2.75) is 6.10 Å². The lowest BCUT2D eigenvalue weighted by Crippen LogP contribution is -2.33. The summed E-state index contributed by atoms with van der Waals surface area (Å²) in [5.74, 6) is -0.912. The fourth-order valence-corrected chi connectivity index (χ4v) is 3.67. The average molecular weight is 421 g/mol. The SMILES string of the molecule is COc1ccc(C2=NOC3C(=O)N(c4cc(Cl)ccc4Cl)C(=O)C23)cc1OC. The van der Waals surface area contributed by atoms with Crippen molar-refractivity contribution in [3.63, 3.8) is 0 Å². The van der Waals surface area contributed by atoms with Crippen molar-refractivity contribution in [1.29, 1.82) is 0 Å². The fraction of sp³-hybridized carbons (Fsp3) is 0.211. The molecular formula is C19H14Cl2N2O5. The summed E-state index contributed by atoms with van der Waals surface area (Å²) in [5, 5.41) is 4.57. The minimum atomic E-state index is -1.05. The Morgan fingerprint density at radius 1 is 1.00 bits per heavy atom. The van der Waals surface area contributed by atoms with Crippen LogP contribution in [-0.2, 0) is 14.4 Å².